The van der Waals surface area contributed by atoms with Gasteiger partial charge in [0.05, 0.1) is 19.3 Å². The van der Waals surface area contributed by atoms with Gasteiger partial charge in [0.25, 0.3) is 5.91 Å². The maximum atomic E-state index is 12.8. The lowest BCUT2D eigenvalue weighted by atomic mass is 10.1. The molecule has 8 nitrogen and oxygen atoms in total. The third-order valence-corrected chi connectivity index (χ3v) is 5.52. The number of carbonyl (C=O) groups excluding carboxylic acids is 2. The predicted molar refractivity (Wildman–Crippen MR) is 122 cm³/mol. The van der Waals surface area contributed by atoms with E-state index in [-0.39, 0.29) is 11.9 Å². The minimum Gasteiger partial charge on any atom is -0.465 e. The number of nitrogens with two attached hydrogens (primary N) is 1. The number of nitrogens with one attached hydrogen (secondary N) is 1. The maximum Gasteiger partial charge on any atom is 0.251 e. The number of nitrogens with zero attached hydrogens (tertiary/aromatic N) is 1. The van der Waals surface area contributed by atoms with Gasteiger partial charge in [-0.3, -0.25) is 14.5 Å². The van der Waals surface area contributed by atoms with Crippen molar-refractivity contribution in [2.75, 3.05) is 32.8 Å². The second-order valence-corrected chi connectivity index (χ2v) is 7.84. The summed E-state index contributed by atoms with van der Waals surface area (Å²) >= 11 is 0. The number of amides is 2. The molecular formula is C25H27N3O5. The summed E-state index contributed by atoms with van der Waals surface area (Å²) in [5.74, 6) is 2.16. The van der Waals surface area contributed by atoms with Crippen LogP contribution >= 0.6 is 0 Å². The summed E-state index contributed by atoms with van der Waals surface area (Å²) in [4.78, 5) is 26.2. The molecule has 2 heterocycles. The molecule has 8 heteroatoms. The van der Waals surface area contributed by atoms with Crippen LogP contribution in [-0.4, -0.2) is 49.6 Å². The van der Waals surface area contributed by atoms with Gasteiger partial charge in [-0.05, 0) is 67.6 Å². The highest BCUT2D eigenvalue weighted by atomic mass is 16.5. The number of carbonyl (C=O) groups is 2. The number of rotatable bonds is 8. The quantitative estimate of drug-likeness (QED) is 0.547. The monoisotopic (exact) mass is 449 g/mol. The second-order valence-electron chi connectivity index (χ2n) is 7.84. The first kappa shape index (κ1) is 22.6. The molecule has 2 amide bonds. The van der Waals surface area contributed by atoms with E-state index in [4.69, 9.17) is 19.6 Å². The molecule has 3 N–H and O–H groups in total. The van der Waals surface area contributed by atoms with Crippen LogP contribution < -0.4 is 15.8 Å². The van der Waals surface area contributed by atoms with E-state index in [0.29, 0.717) is 42.4 Å². The number of hydrogen-bond acceptors (Lipinski definition) is 6. The Morgan fingerprint density at radius 1 is 0.970 bits per heavy atom. The first-order chi connectivity index (χ1) is 16.0. The molecular weight excluding hydrogens is 422 g/mol. The Kier molecular flexibility index (Phi) is 7.07. The molecule has 0 spiro atoms. The lowest BCUT2D eigenvalue weighted by Gasteiger charge is -2.33. The lowest BCUT2D eigenvalue weighted by molar-refractivity contribution is 0.0117. The molecule has 4 rings (SSSR count). The summed E-state index contributed by atoms with van der Waals surface area (Å²) in [6.45, 7) is 5.23. The first-order valence-corrected chi connectivity index (χ1v) is 10.8. The van der Waals surface area contributed by atoms with Crippen molar-refractivity contribution in [3.05, 3.63) is 83.3 Å². The summed E-state index contributed by atoms with van der Waals surface area (Å²) < 4.78 is 17.1. The Bertz CT molecular complexity index is 1090. The summed E-state index contributed by atoms with van der Waals surface area (Å²) in [5, 5.41) is 3.02. The van der Waals surface area contributed by atoms with Crippen LogP contribution in [0.2, 0.25) is 0 Å². The van der Waals surface area contributed by atoms with Gasteiger partial charge in [0.2, 0.25) is 5.91 Å². The van der Waals surface area contributed by atoms with Crippen molar-refractivity contribution < 1.29 is 23.5 Å². The van der Waals surface area contributed by atoms with Gasteiger partial charge in [-0.15, -0.1) is 0 Å². The van der Waals surface area contributed by atoms with Gasteiger partial charge in [0.15, 0.2) is 0 Å². The van der Waals surface area contributed by atoms with E-state index in [1.165, 1.54) is 0 Å². The molecule has 33 heavy (non-hydrogen) atoms. The van der Waals surface area contributed by atoms with Crippen LogP contribution in [0.3, 0.4) is 0 Å². The van der Waals surface area contributed by atoms with E-state index in [9.17, 15) is 9.59 Å². The van der Waals surface area contributed by atoms with Crippen molar-refractivity contribution in [3.8, 4) is 11.5 Å². The maximum absolute atomic E-state index is 12.8. The minimum absolute atomic E-state index is 0.0578. The van der Waals surface area contributed by atoms with Crippen molar-refractivity contribution in [2.24, 2.45) is 5.73 Å². The zero-order chi connectivity index (χ0) is 23.2. The van der Waals surface area contributed by atoms with Crippen LogP contribution in [-0.2, 0) is 4.74 Å². The molecule has 1 saturated heterocycles. The number of aryl methyl sites for hydroxylation is 1. The van der Waals surface area contributed by atoms with Crippen molar-refractivity contribution >= 4 is 11.8 Å². The zero-order valence-corrected chi connectivity index (χ0v) is 18.5. The van der Waals surface area contributed by atoms with Crippen LogP contribution in [0.15, 0.2) is 65.1 Å². The molecule has 1 aliphatic rings. The Morgan fingerprint density at radius 2 is 1.58 bits per heavy atom. The standard InChI is InChI=1S/C25H27N3O5/c1-17-2-11-23(32-17)22(28-12-14-31-15-13-28)16-27-25(30)19-5-9-21(10-6-19)33-20-7-3-18(4-8-20)24(26)29/h2-11,22H,12-16H2,1H3,(H2,26,29)(H,27,30). The van der Waals surface area contributed by atoms with Gasteiger partial charge < -0.3 is 24.9 Å². The van der Waals surface area contributed by atoms with Gasteiger partial charge in [-0.1, -0.05) is 0 Å². The number of furan rings is 1. The fourth-order valence-electron chi connectivity index (χ4n) is 3.72. The molecule has 1 aliphatic heterocycles. The van der Waals surface area contributed by atoms with Crippen LogP contribution in [0.1, 0.15) is 38.3 Å². The second kappa shape index (κ2) is 10.3. The van der Waals surface area contributed by atoms with Gasteiger partial charge >= 0.3 is 0 Å². The number of ether oxygens (including phenoxy) is 2. The average Bonchev–Trinajstić information content (AvgIpc) is 3.26. The third kappa shape index (κ3) is 5.79. The largest absolute Gasteiger partial charge is 0.465 e. The number of primary amides is 1. The van der Waals surface area contributed by atoms with E-state index in [1.54, 1.807) is 48.5 Å². The van der Waals surface area contributed by atoms with Crippen molar-refractivity contribution in [1.29, 1.82) is 0 Å². The highest BCUT2D eigenvalue weighted by molar-refractivity contribution is 5.94. The Labute approximate surface area is 192 Å². The van der Waals surface area contributed by atoms with Crippen LogP contribution in [0.5, 0.6) is 11.5 Å². The molecule has 0 bridgehead atoms. The topological polar surface area (TPSA) is 107 Å². The van der Waals surface area contributed by atoms with Gasteiger partial charge in [0, 0.05) is 30.8 Å². The smallest absolute Gasteiger partial charge is 0.251 e. The van der Waals surface area contributed by atoms with E-state index in [1.807, 2.05) is 19.1 Å². The molecule has 0 radical (unpaired) electrons. The van der Waals surface area contributed by atoms with Crippen LogP contribution in [0.4, 0.5) is 0 Å². The Morgan fingerprint density at radius 3 is 2.12 bits per heavy atom. The van der Waals surface area contributed by atoms with Crippen LogP contribution in [0.25, 0.3) is 0 Å². The number of morpholine rings is 1. The zero-order valence-electron chi connectivity index (χ0n) is 18.5. The summed E-state index contributed by atoms with van der Waals surface area (Å²) in [7, 11) is 0. The molecule has 1 unspecified atom stereocenters. The third-order valence-electron chi connectivity index (χ3n) is 5.52. The van der Waals surface area contributed by atoms with E-state index in [0.717, 1.165) is 24.6 Å². The summed E-state index contributed by atoms with van der Waals surface area (Å²) in [6.07, 6.45) is 0. The van der Waals surface area contributed by atoms with E-state index < -0.39 is 5.91 Å². The van der Waals surface area contributed by atoms with E-state index >= 15 is 0 Å². The molecule has 0 aliphatic carbocycles. The molecule has 0 saturated carbocycles. The van der Waals surface area contributed by atoms with Gasteiger partial charge in [-0.2, -0.15) is 0 Å². The molecule has 2 aromatic carbocycles. The fraction of sp³-hybridized carbons (Fsp3) is 0.280. The Balaban J connectivity index is 1.37. The molecule has 1 atom stereocenters. The number of benzene rings is 2. The van der Waals surface area contributed by atoms with Crippen molar-refractivity contribution in [2.45, 2.75) is 13.0 Å². The summed E-state index contributed by atoms with van der Waals surface area (Å²) in [6, 6.07) is 17.3. The number of hydrogen-bond donors (Lipinski definition) is 2. The normalized spacial score (nSPS) is 15.1. The van der Waals surface area contributed by atoms with Crippen molar-refractivity contribution in [1.82, 2.24) is 10.2 Å². The lowest BCUT2D eigenvalue weighted by Crippen LogP contribution is -2.43. The highest BCUT2D eigenvalue weighted by Gasteiger charge is 2.25. The molecule has 1 aromatic heterocycles. The van der Waals surface area contributed by atoms with E-state index in [2.05, 4.69) is 10.2 Å². The molecule has 1 fully saturated rings. The first-order valence-electron chi connectivity index (χ1n) is 10.8. The SMILES string of the molecule is Cc1ccc(C(CNC(=O)c2ccc(Oc3ccc(C(N)=O)cc3)cc2)N2CCOCC2)o1. The predicted octanol–water partition coefficient (Wildman–Crippen LogP) is 3.28. The van der Waals surface area contributed by atoms with Gasteiger partial charge in [0.1, 0.15) is 23.0 Å². The average molecular weight is 450 g/mol. The van der Waals surface area contributed by atoms with Gasteiger partial charge in [-0.25, -0.2) is 0 Å². The molecule has 3 aromatic rings. The summed E-state index contributed by atoms with van der Waals surface area (Å²) in [5.41, 5.74) is 6.19. The molecule has 172 valence electrons. The van der Waals surface area contributed by atoms with Crippen LogP contribution in [0, 0.1) is 6.92 Å². The minimum atomic E-state index is -0.491. The van der Waals surface area contributed by atoms with Crippen molar-refractivity contribution in [3.63, 3.8) is 0 Å². The highest BCUT2D eigenvalue weighted by Crippen LogP contribution is 2.24. The Hall–Kier alpha value is -3.62. The fourth-order valence-corrected chi connectivity index (χ4v) is 3.72.